The number of para-hydroxylation sites is 1. The molecule has 0 fully saturated rings. The van der Waals surface area contributed by atoms with Crippen molar-refractivity contribution in [2.45, 2.75) is 0 Å². The van der Waals surface area contributed by atoms with E-state index in [0.717, 1.165) is 24.3 Å². The number of aromatic nitrogens is 1. The minimum absolute atomic E-state index is 0.0141. The number of rotatable bonds is 4. The van der Waals surface area contributed by atoms with E-state index in [-0.39, 0.29) is 11.3 Å². The third-order valence-corrected chi connectivity index (χ3v) is 3.41. The molecule has 0 atom stereocenters. The molecular formula is C18H11F4N3O. The van der Waals surface area contributed by atoms with Crippen molar-refractivity contribution in [1.82, 2.24) is 4.98 Å². The Morgan fingerprint density at radius 2 is 1.54 bits per heavy atom. The monoisotopic (exact) mass is 361 g/mol. The van der Waals surface area contributed by atoms with Crippen molar-refractivity contribution in [3.63, 3.8) is 0 Å². The molecule has 8 heteroatoms. The van der Waals surface area contributed by atoms with Crippen LogP contribution in [-0.4, -0.2) is 10.9 Å². The van der Waals surface area contributed by atoms with Gasteiger partial charge in [-0.15, -0.1) is 0 Å². The summed E-state index contributed by atoms with van der Waals surface area (Å²) in [5, 5.41) is 4.89. The van der Waals surface area contributed by atoms with Gasteiger partial charge in [-0.05, 0) is 30.3 Å². The second kappa shape index (κ2) is 7.22. The van der Waals surface area contributed by atoms with Crippen LogP contribution in [-0.2, 0) is 0 Å². The summed E-state index contributed by atoms with van der Waals surface area (Å²) in [6, 6.07) is 7.74. The number of hydrogen-bond acceptors (Lipinski definition) is 3. The van der Waals surface area contributed by atoms with Gasteiger partial charge in [0.15, 0.2) is 11.6 Å². The summed E-state index contributed by atoms with van der Waals surface area (Å²) in [6.45, 7) is 0. The third-order valence-electron chi connectivity index (χ3n) is 3.41. The van der Waals surface area contributed by atoms with Crippen LogP contribution in [0.5, 0.6) is 0 Å². The Balaban J connectivity index is 1.80. The lowest BCUT2D eigenvalue weighted by atomic mass is 10.2. The average Bonchev–Trinajstić information content (AvgIpc) is 2.61. The number of amides is 1. The van der Waals surface area contributed by atoms with Crippen LogP contribution in [0.2, 0.25) is 0 Å². The lowest BCUT2D eigenvalue weighted by Crippen LogP contribution is -2.14. The maximum absolute atomic E-state index is 13.6. The molecule has 2 aromatic carbocycles. The van der Waals surface area contributed by atoms with Crippen molar-refractivity contribution in [3.8, 4) is 0 Å². The van der Waals surface area contributed by atoms with Crippen LogP contribution in [0, 0.1) is 23.3 Å². The molecule has 3 aromatic rings. The second-order valence-corrected chi connectivity index (χ2v) is 5.27. The summed E-state index contributed by atoms with van der Waals surface area (Å²) in [5.41, 5.74) is -0.0159. The summed E-state index contributed by atoms with van der Waals surface area (Å²) in [4.78, 5) is 16.0. The first-order chi connectivity index (χ1) is 12.4. The van der Waals surface area contributed by atoms with Gasteiger partial charge in [0, 0.05) is 18.0 Å². The van der Waals surface area contributed by atoms with Gasteiger partial charge in [0.05, 0.1) is 17.4 Å². The Morgan fingerprint density at radius 3 is 2.23 bits per heavy atom. The van der Waals surface area contributed by atoms with Crippen molar-refractivity contribution in [3.05, 3.63) is 83.7 Å². The highest BCUT2D eigenvalue weighted by Crippen LogP contribution is 2.21. The molecule has 1 aromatic heterocycles. The maximum Gasteiger partial charge on any atom is 0.257 e. The zero-order chi connectivity index (χ0) is 18.7. The smallest absolute Gasteiger partial charge is 0.257 e. The molecule has 0 spiro atoms. The van der Waals surface area contributed by atoms with Crippen LogP contribution in [0.3, 0.4) is 0 Å². The number of carbonyl (C=O) groups is 1. The van der Waals surface area contributed by atoms with Gasteiger partial charge in [-0.3, -0.25) is 9.78 Å². The van der Waals surface area contributed by atoms with Crippen molar-refractivity contribution in [2.24, 2.45) is 0 Å². The number of nitrogens with one attached hydrogen (secondary N) is 2. The molecule has 132 valence electrons. The van der Waals surface area contributed by atoms with E-state index in [0.29, 0.717) is 5.69 Å². The summed E-state index contributed by atoms with van der Waals surface area (Å²) < 4.78 is 53.4. The Morgan fingerprint density at radius 1 is 0.808 bits per heavy atom. The highest BCUT2D eigenvalue weighted by atomic mass is 19.2. The van der Waals surface area contributed by atoms with Gasteiger partial charge >= 0.3 is 0 Å². The molecule has 0 aliphatic rings. The molecule has 0 saturated heterocycles. The second-order valence-electron chi connectivity index (χ2n) is 5.27. The van der Waals surface area contributed by atoms with Crippen LogP contribution in [0.25, 0.3) is 0 Å². The molecule has 3 rings (SSSR count). The summed E-state index contributed by atoms with van der Waals surface area (Å²) in [5.74, 6) is -4.64. The van der Waals surface area contributed by atoms with E-state index in [9.17, 15) is 22.4 Å². The quantitative estimate of drug-likeness (QED) is 0.666. The van der Waals surface area contributed by atoms with Crippen molar-refractivity contribution in [2.75, 3.05) is 10.6 Å². The molecule has 0 aliphatic carbocycles. The van der Waals surface area contributed by atoms with E-state index in [2.05, 4.69) is 15.6 Å². The molecular weight excluding hydrogens is 350 g/mol. The Hall–Kier alpha value is -3.42. The van der Waals surface area contributed by atoms with Gasteiger partial charge in [-0.1, -0.05) is 6.07 Å². The van der Waals surface area contributed by atoms with Gasteiger partial charge in [-0.25, -0.2) is 17.6 Å². The number of benzene rings is 2. The number of nitrogens with zero attached hydrogens (tertiary/aromatic N) is 1. The van der Waals surface area contributed by atoms with Crippen LogP contribution >= 0.6 is 0 Å². The Bertz CT molecular complexity index is 958. The normalized spacial score (nSPS) is 10.5. The minimum atomic E-state index is -1.04. The number of carbonyl (C=O) groups excluding carboxylic acids is 1. The number of halogens is 4. The number of anilines is 3. The topological polar surface area (TPSA) is 54.0 Å². The maximum atomic E-state index is 13.6. The molecule has 1 heterocycles. The van der Waals surface area contributed by atoms with Gasteiger partial charge in [-0.2, -0.15) is 0 Å². The summed E-state index contributed by atoms with van der Waals surface area (Å²) >= 11 is 0. The zero-order valence-electron chi connectivity index (χ0n) is 13.1. The first kappa shape index (κ1) is 17.4. The molecule has 26 heavy (non-hydrogen) atoms. The van der Waals surface area contributed by atoms with Gasteiger partial charge in [0.2, 0.25) is 0 Å². The first-order valence-corrected chi connectivity index (χ1v) is 7.36. The lowest BCUT2D eigenvalue weighted by molar-refractivity contribution is 0.102. The van der Waals surface area contributed by atoms with Gasteiger partial charge in [0.1, 0.15) is 17.3 Å². The van der Waals surface area contributed by atoms with Gasteiger partial charge < -0.3 is 10.6 Å². The molecule has 4 nitrogen and oxygen atoms in total. The fourth-order valence-corrected chi connectivity index (χ4v) is 2.18. The SMILES string of the molecule is O=C(Nc1c(F)cccc1F)c1cncc(Nc2ccc(F)c(F)c2)c1. The zero-order valence-corrected chi connectivity index (χ0v) is 13.1. The van der Waals surface area contributed by atoms with Crippen molar-refractivity contribution in [1.29, 1.82) is 0 Å². The largest absolute Gasteiger partial charge is 0.354 e. The Labute approximate surface area is 145 Å². The third kappa shape index (κ3) is 3.80. The summed E-state index contributed by atoms with van der Waals surface area (Å²) in [7, 11) is 0. The fourth-order valence-electron chi connectivity index (χ4n) is 2.18. The first-order valence-electron chi connectivity index (χ1n) is 7.36. The number of pyridine rings is 1. The van der Waals surface area contributed by atoms with Gasteiger partial charge in [0.25, 0.3) is 5.91 Å². The number of hydrogen-bond donors (Lipinski definition) is 2. The van der Waals surface area contributed by atoms with Crippen molar-refractivity contribution < 1.29 is 22.4 Å². The highest BCUT2D eigenvalue weighted by Gasteiger charge is 2.14. The van der Waals surface area contributed by atoms with Crippen molar-refractivity contribution >= 4 is 23.0 Å². The molecule has 2 N–H and O–H groups in total. The molecule has 0 bridgehead atoms. The Kier molecular flexibility index (Phi) is 4.83. The molecule has 0 radical (unpaired) electrons. The van der Waals surface area contributed by atoms with Crippen LogP contribution in [0.1, 0.15) is 10.4 Å². The van der Waals surface area contributed by atoms with E-state index in [1.54, 1.807) is 0 Å². The van der Waals surface area contributed by atoms with E-state index >= 15 is 0 Å². The predicted molar refractivity (Wildman–Crippen MR) is 88.2 cm³/mol. The minimum Gasteiger partial charge on any atom is -0.354 e. The van der Waals surface area contributed by atoms with Crippen LogP contribution in [0.15, 0.2) is 54.9 Å². The average molecular weight is 361 g/mol. The van der Waals surface area contributed by atoms with Crippen LogP contribution in [0.4, 0.5) is 34.6 Å². The molecule has 0 aliphatic heterocycles. The van der Waals surface area contributed by atoms with Crippen LogP contribution < -0.4 is 10.6 Å². The molecule has 1 amide bonds. The molecule has 0 unspecified atom stereocenters. The van der Waals surface area contributed by atoms with E-state index in [1.165, 1.54) is 30.6 Å². The molecule has 0 saturated carbocycles. The standard InChI is InChI=1S/C18H11F4N3O/c19-13-5-4-11(7-16(13)22)24-12-6-10(8-23-9-12)18(26)25-17-14(20)2-1-3-15(17)21/h1-9,24H,(H,25,26). The van der Waals surface area contributed by atoms with E-state index in [1.807, 2.05) is 0 Å². The predicted octanol–water partition coefficient (Wildman–Crippen LogP) is 4.63. The lowest BCUT2D eigenvalue weighted by Gasteiger charge is -2.10. The fraction of sp³-hybridized carbons (Fsp3) is 0. The summed E-state index contributed by atoms with van der Waals surface area (Å²) in [6.07, 6.45) is 2.55. The highest BCUT2D eigenvalue weighted by molar-refractivity contribution is 6.04. The van der Waals surface area contributed by atoms with E-state index in [4.69, 9.17) is 0 Å². The van der Waals surface area contributed by atoms with E-state index < -0.39 is 34.9 Å².